The van der Waals surface area contributed by atoms with Gasteiger partial charge in [-0.25, -0.2) is 8.42 Å². The smallest absolute Gasteiger partial charge is 0.153 e. The Morgan fingerprint density at radius 3 is 1.54 bits per heavy atom. The average molecular weight is 202 g/mol. The van der Waals surface area contributed by atoms with Crippen molar-refractivity contribution in [3.8, 4) is 0 Å². The topological polar surface area (TPSA) is 40.2 Å². The molecule has 5 heteroatoms. The van der Waals surface area contributed by atoms with E-state index in [1.165, 1.54) is 0 Å². The van der Waals surface area contributed by atoms with Gasteiger partial charge in [0.05, 0.1) is 11.5 Å². The molecule has 0 amide bonds. The maximum atomic E-state index is 11.5. The first-order valence-electron chi connectivity index (χ1n) is 4.84. The number of rotatable bonds is 2. The van der Waals surface area contributed by atoms with Gasteiger partial charge < -0.3 is 0 Å². The molecule has 0 bridgehead atoms. The summed E-state index contributed by atoms with van der Waals surface area (Å²) in [4.78, 5) is 4.57. The quantitative estimate of drug-likeness (QED) is 0.526. The molecule has 0 aromatic rings. The largest absolute Gasteiger partial charge is 0.295 e. The lowest BCUT2D eigenvalue weighted by atomic mass is 10.2. The Morgan fingerprint density at radius 1 is 0.846 bits per heavy atom. The number of sulfone groups is 1. The van der Waals surface area contributed by atoms with Gasteiger partial charge in [-0.2, -0.15) is 0 Å². The summed E-state index contributed by atoms with van der Waals surface area (Å²) in [5.74, 6) is 0.794. The summed E-state index contributed by atoms with van der Waals surface area (Å²) in [5, 5.41) is 0. The van der Waals surface area contributed by atoms with E-state index in [0.717, 1.165) is 26.2 Å². The van der Waals surface area contributed by atoms with E-state index in [-0.39, 0.29) is 0 Å². The van der Waals surface area contributed by atoms with E-state index in [1.54, 1.807) is 0 Å². The van der Waals surface area contributed by atoms with E-state index in [0.29, 0.717) is 23.6 Å². The Kier molecular flexibility index (Phi) is 1.55. The van der Waals surface area contributed by atoms with Crippen molar-refractivity contribution in [2.45, 2.75) is 12.1 Å². The molecule has 74 valence electrons. The summed E-state index contributed by atoms with van der Waals surface area (Å²) in [7, 11) is -2.74. The highest BCUT2D eigenvalue weighted by Crippen LogP contribution is 2.29. The van der Waals surface area contributed by atoms with E-state index >= 15 is 0 Å². The molecule has 0 radical (unpaired) electrons. The minimum Gasteiger partial charge on any atom is -0.295 e. The first-order chi connectivity index (χ1) is 6.16. The van der Waals surface area contributed by atoms with Crippen LogP contribution in [0.1, 0.15) is 0 Å². The van der Waals surface area contributed by atoms with E-state index < -0.39 is 9.84 Å². The molecule has 3 aliphatic rings. The second-order valence-electron chi connectivity index (χ2n) is 4.28. The first kappa shape index (κ1) is 8.20. The van der Waals surface area contributed by atoms with Gasteiger partial charge in [-0.1, -0.05) is 0 Å². The molecule has 3 rings (SSSR count). The third-order valence-corrected chi connectivity index (χ3v) is 4.89. The molecule has 0 aromatic carbocycles. The van der Waals surface area contributed by atoms with E-state index in [2.05, 4.69) is 9.80 Å². The van der Waals surface area contributed by atoms with Gasteiger partial charge in [-0.15, -0.1) is 0 Å². The van der Waals surface area contributed by atoms with Crippen LogP contribution in [-0.4, -0.2) is 68.0 Å². The van der Waals surface area contributed by atoms with Gasteiger partial charge in [-0.3, -0.25) is 9.80 Å². The summed E-state index contributed by atoms with van der Waals surface area (Å²) in [5.41, 5.74) is 0. The Morgan fingerprint density at radius 2 is 1.23 bits per heavy atom. The molecule has 13 heavy (non-hydrogen) atoms. The van der Waals surface area contributed by atoms with Crippen LogP contribution in [0.5, 0.6) is 0 Å². The van der Waals surface area contributed by atoms with Gasteiger partial charge in [0.1, 0.15) is 0 Å². The lowest BCUT2D eigenvalue weighted by Gasteiger charge is -2.19. The highest BCUT2D eigenvalue weighted by Gasteiger charge is 2.48. The van der Waals surface area contributed by atoms with Crippen molar-refractivity contribution in [3.63, 3.8) is 0 Å². The van der Waals surface area contributed by atoms with Crippen LogP contribution in [0.25, 0.3) is 0 Å². The number of hydrogen-bond acceptors (Lipinski definition) is 4. The Bertz CT molecular complexity index is 293. The summed E-state index contributed by atoms with van der Waals surface area (Å²) in [6, 6.07) is 0.625. The lowest BCUT2D eigenvalue weighted by molar-refractivity contribution is 0.293. The third-order valence-electron chi connectivity index (χ3n) is 3.20. The molecule has 0 aromatic heterocycles. The van der Waals surface area contributed by atoms with Crippen molar-refractivity contribution in [2.75, 3.05) is 37.7 Å². The maximum Gasteiger partial charge on any atom is 0.153 e. The third kappa shape index (κ3) is 1.49. The molecule has 3 fully saturated rings. The normalized spacial score (nSPS) is 43.7. The standard InChI is InChI=1S/C8H14N2O2S/c11-13(12)5-7(9-1-2-9)8(6-13)10-3-4-10/h7-8H,1-6H2/t7-,8-/m0/s1. The molecular formula is C8H14N2O2S. The van der Waals surface area contributed by atoms with Crippen LogP contribution in [-0.2, 0) is 9.84 Å². The minimum atomic E-state index is -2.74. The SMILES string of the molecule is O=S1(=O)C[C@H](N2CC2)[C@@H](N2CC2)C1. The van der Waals surface area contributed by atoms with Crippen LogP contribution in [0.3, 0.4) is 0 Å². The van der Waals surface area contributed by atoms with Crippen molar-refractivity contribution < 1.29 is 8.42 Å². The van der Waals surface area contributed by atoms with Crippen LogP contribution >= 0.6 is 0 Å². The van der Waals surface area contributed by atoms with Crippen LogP contribution in [0.15, 0.2) is 0 Å². The van der Waals surface area contributed by atoms with Crippen LogP contribution < -0.4 is 0 Å². The lowest BCUT2D eigenvalue weighted by Crippen LogP contribution is -2.37. The van der Waals surface area contributed by atoms with E-state index in [4.69, 9.17) is 0 Å². The number of hydrogen-bond donors (Lipinski definition) is 0. The fraction of sp³-hybridized carbons (Fsp3) is 1.00. The van der Waals surface area contributed by atoms with Gasteiger partial charge in [0.2, 0.25) is 0 Å². The van der Waals surface area contributed by atoms with Gasteiger partial charge in [-0.05, 0) is 0 Å². The summed E-state index contributed by atoms with van der Waals surface area (Å²) >= 11 is 0. The molecule has 4 nitrogen and oxygen atoms in total. The second kappa shape index (κ2) is 2.46. The predicted molar refractivity (Wildman–Crippen MR) is 49.4 cm³/mol. The van der Waals surface area contributed by atoms with Crippen molar-refractivity contribution in [2.24, 2.45) is 0 Å². The van der Waals surface area contributed by atoms with Gasteiger partial charge in [0.15, 0.2) is 9.84 Å². The predicted octanol–water partition coefficient (Wildman–Crippen LogP) is -1.22. The van der Waals surface area contributed by atoms with E-state index in [9.17, 15) is 8.42 Å². The fourth-order valence-corrected chi connectivity index (χ4v) is 4.33. The zero-order valence-electron chi connectivity index (χ0n) is 7.52. The Hall–Kier alpha value is -0.130. The zero-order chi connectivity index (χ0) is 9.05. The van der Waals surface area contributed by atoms with Crippen molar-refractivity contribution in [1.82, 2.24) is 9.80 Å². The number of nitrogens with zero attached hydrogens (tertiary/aromatic N) is 2. The summed E-state index contributed by atoms with van der Waals surface area (Å²) < 4.78 is 22.9. The Balaban J connectivity index is 1.82. The monoisotopic (exact) mass is 202 g/mol. The average Bonchev–Trinajstić information content (AvgIpc) is 2.90. The molecule has 3 saturated heterocycles. The maximum absolute atomic E-state index is 11.5. The fourth-order valence-electron chi connectivity index (χ4n) is 2.29. The zero-order valence-corrected chi connectivity index (χ0v) is 8.33. The Labute approximate surface area is 78.4 Å². The molecule has 0 spiro atoms. The van der Waals surface area contributed by atoms with Crippen molar-refractivity contribution >= 4 is 9.84 Å². The van der Waals surface area contributed by atoms with Crippen LogP contribution in [0, 0.1) is 0 Å². The summed E-state index contributed by atoms with van der Waals surface area (Å²) in [6.07, 6.45) is 0. The van der Waals surface area contributed by atoms with E-state index in [1.807, 2.05) is 0 Å². The molecule has 0 aliphatic carbocycles. The van der Waals surface area contributed by atoms with Crippen molar-refractivity contribution in [1.29, 1.82) is 0 Å². The highest BCUT2D eigenvalue weighted by molar-refractivity contribution is 7.91. The second-order valence-corrected chi connectivity index (χ2v) is 6.44. The summed E-state index contributed by atoms with van der Waals surface area (Å²) in [6.45, 7) is 4.41. The van der Waals surface area contributed by atoms with Gasteiger partial charge >= 0.3 is 0 Å². The molecule has 3 aliphatic heterocycles. The first-order valence-corrected chi connectivity index (χ1v) is 6.66. The molecule has 0 N–H and O–H groups in total. The van der Waals surface area contributed by atoms with Gasteiger partial charge in [0, 0.05) is 38.3 Å². The molecule has 2 atom stereocenters. The molecular weight excluding hydrogens is 188 g/mol. The van der Waals surface area contributed by atoms with Crippen molar-refractivity contribution in [3.05, 3.63) is 0 Å². The molecule has 3 heterocycles. The highest BCUT2D eigenvalue weighted by atomic mass is 32.2. The minimum absolute atomic E-state index is 0.312. The molecule has 0 unspecified atom stereocenters. The van der Waals surface area contributed by atoms with Crippen LogP contribution in [0.4, 0.5) is 0 Å². The van der Waals surface area contributed by atoms with Crippen LogP contribution in [0.2, 0.25) is 0 Å². The van der Waals surface area contributed by atoms with Gasteiger partial charge in [0.25, 0.3) is 0 Å². The molecule has 0 saturated carbocycles.